The second-order valence-corrected chi connectivity index (χ2v) is 2.77. The highest BCUT2D eigenvalue weighted by Crippen LogP contribution is 2.06. The molecule has 1 heterocycles. The van der Waals surface area contributed by atoms with Gasteiger partial charge in [0.25, 0.3) is 0 Å². The van der Waals surface area contributed by atoms with Crippen LogP contribution in [0, 0.1) is 5.82 Å². The molecule has 3 nitrogen and oxygen atoms in total. The van der Waals surface area contributed by atoms with Gasteiger partial charge in [0, 0.05) is 18.0 Å². The molecule has 0 amide bonds. The molecule has 0 fully saturated rings. The number of imidazole rings is 1. The van der Waals surface area contributed by atoms with Crippen LogP contribution in [0.25, 0.3) is 0 Å². The van der Waals surface area contributed by atoms with Crippen LogP contribution in [0.4, 0.5) is 4.39 Å². The van der Waals surface area contributed by atoms with Gasteiger partial charge in [0.2, 0.25) is 5.78 Å². The first kappa shape index (κ1) is 8.62. The predicted molar refractivity (Wildman–Crippen MR) is 48.4 cm³/mol. The molecule has 0 bridgehead atoms. The van der Waals surface area contributed by atoms with Crippen molar-refractivity contribution in [1.29, 1.82) is 0 Å². The molecule has 0 spiro atoms. The lowest BCUT2D eigenvalue weighted by Gasteiger charge is -1.96. The number of aromatic amines is 1. The van der Waals surface area contributed by atoms with E-state index in [4.69, 9.17) is 0 Å². The number of hydrogen-bond donors (Lipinski definition) is 1. The van der Waals surface area contributed by atoms with Crippen LogP contribution < -0.4 is 0 Å². The molecule has 1 aromatic carbocycles. The van der Waals surface area contributed by atoms with E-state index >= 15 is 0 Å². The molecule has 2 aromatic rings. The lowest BCUT2D eigenvalue weighted by Crippen LogP contribution is -2.03. The second-order valence-electron chi connectivity index (χ2n) is 2.77. The van der Waals surface area contributed by atoms with Gasteiger partial charge in [0.15, 0.2) is 5.82 Å². The van der Waals surface area contributed by atoms with Crippen molar-refractivity contribution in [2.45, 2.75) is 0 Å². The zero-order valence-corrected chi connectivity index (χ0v) is 7.20. The highest BCUT2D eigenvalue weighted by atomic mass is 19.1. The summed E-state index contributed by atoms with van der Waals surface area (Å²) in [6.45, 7) is 0. The van der Waals surface area contributed by atoms with E-state index in [9.17, 15) is 9.18 Å². The quantitative estimate of drug-likeness (QED) is 0.733. The second kappa shape index (κ2) is 3.41. The van der Waals surface area contributed by atoms with Crippen molar-refractivity contribution in [3.05, 3.63) is 53.9 Å². The van der Waals surface area contributed by atoms with Crippen LogP contribution in [0.5, 0.6) is 0 Å². The van der Waals surface area contributed by atoms with Crippen molar-refractivity contribution in [2.24, 2.45) is 0 Å². The summed E-state index contributed by atoms with van der Waals surface area (Å²) in [7, 11) is 0. The Hall–Kier alpha value is -1.97. The van der Waals surface area contributed by atoms with Crippen molar-refractivity contribution in [3.63, 3.8) is 0 Å². The van der Waals surface area contributed by atoms with Crippen LogP contribution in [0.2, 0.25) is 0 Å². The van der Waals surface area contributed by atoms with Crippen molar-refractivity contribution in [3.8, 4) is 0 Å². The van der Waals surface area contributed by atoms with E-state index in [1.807, 2.05) is 0 Å². The van der Waals surface area contributed by atoms with Crippen LogP contribution in [-0.2, 0) is 0 Å². The number of carbonyl (C=O) groups excluding carboxylic acids is 1. The Labute approximate surface area is 79.6 Å². The molecule has 0 aliphatic carbocycles. The number of halogens is 1. The van der Waals surface area contributed by atoms with Crippen LogP contribution in [0.1, 0.15) is 16.2 Å². The molecule has 70 valence electrons. The molecule has 2 rings (SSSR count). The molecule has 1 N–H and O–H groups in total. The van der Waals surface area contributed by atoms with E-state index in [1.165, 1.54) is 30.5 Å². The van der Waals surface area contributed by atoms with E-state index in [0.29, 0.717) is 5.56 Å². The number of rotatable bonds is 2. The molecule has 0 unspecified atom stereocenters. The van der Waals surface area contributed by atoms with Gasteiger partial charge in [-0.1, -0.05) is 0 Å². The summed E-state index contributed by atoms with van der Waals surface area (Å²) in [6, 6.07) is 5.35. The largest absolute Gasteiger partial charge is 0.342 e. The first-order chi connectivity index (χ1) is 6.77. The summed E-state index contributed by atoms with van der Waals surface area (Å²) >= 11 is 0. The van der Waals surface area contributed by atoms with Gasteiger partial charge in [0.1, 0.15) is 5.82 Å². The normalized spacial score (nSPS) is 10.1. The Kier molecular flexibility index (Phi) is 2.10. The summed E-state index contributed by atoms with van der Waals surface area (Å²) in [5.74, 6) is -0.340. The highest BCUT2D eigenvalue weighted by Gasteiger charge is 2.10. The average molecular weight is 190 g/mol. The number of nitrogens with one attached hydrogen (secondary N) is 1. The Morgan fingerprint density at radius 3 is 2.57 bits per heavy atom. The maximum Gasteiger partial charge on any atom is 0.228 e. The average Bonchev–Trinajstić information content (AvgIpc) is 2.71. The summed E-state index contributed by atoms with van der Waals surface area (Å²) in [5, 5.41) is 0. The zero-order chi connectivity index (χ0) is 9.97. The standard InChI is InChI=1S/C10H7FN2O/c11-8-3-1-7(2-4-8)9(14)10-12-5-6-13-10/h1-6H,(H,12,13). The molecule has 0 radical (unpaired) electrons. The van der Waals surface area contributed by atoms with Gasteiger partial charge >= 0.3 is 0 Å². The third-order valence-corrected chi connectivity index (χ3v) is 1.82. The minimum absolute atomic E-state index is 0.241. The molecular formula is C10H7FN2O. The van der Waals surface area contributed by atoms with Gasteiger partial charge in [-0.2, -0.15) is 0 Å². The molecular weight excluding hydrogens is 183 g/mol. The van der Waals surface area contributed by atoms with Gasteiger partial charge in [0.05, 0.1) is 0 Å². The maximum absolute atomic E-state index is 12.6. The molecule has 0 saturated carbocycles. The monoisotopic (exact) mass is 190 g/mol. The van der Waals surface area contributed by atoms with Gasteiger partial charge in [-0.3, -0.25) is 4.79 Å². The fourth-order valence-electron chi connectivity index (χ4n) is 1.13. The fourth-order valence-corrected chi connectivity index (χ4v) is 1.13. The third kappa shape index (κ3) is 1.54. The topological polar surface area (TPSA) is 45.8 Å². The number of H-pyrrole nitrogens is 1. The molecule has 0 atom stereocenters. The number of carbonyl (C=O) groups is 1. The molecule has 0 aliphatic rings. The Bertz CT molecular complexity index is 434. The van der Waals surface area contributed by atoms with Crippen molar-refractivity contribution in [2.75, 3.05) is 0 Å². The molecule has 4 heteroatoms. The lowest BCUT2D eigenvalue weighted by atomic mass is 10.1. The predicted octanol–water partition coefficient (Wildman–Crippen LogP) is 1.78. The van der Waals surface area contributed by atoms with E-state index in [2.05, 4.69) is 9.97 Å². The number of hydrogen-bond acceptors (Lipinski definition) is 2. The molecule has 0 saturated heterocycles. The lowest BCUT2D eigenvalue weighted by molar-refractivity contribution is 0.103. The number of nitrogens with zero attached hydrogens (tertiary/aromatic N) is 1. The summed E-state index contributed by atoms with van der Waals surface area (Å²) < 4.78 is 12.6. The van der Waals surface area contributed by atoms with Gasteiger partial charge in [-0.05, 0) is 24.3 Å². The number of benzene rings is 1. The Morgan fingerprint density at radius 1 is 1.29 bits per heavy atom. The van der Waals surface area contributed by atoms with Crippen molar-refractivity contribution in [1.82, 2.24) is 9.97 Å². The molecule has 14 heavy (non-hydrogen) atoms. The fraction of sp³-hybridized carbons (Fsp3) is 0. The summed E-state index contributed by atoms with van der Waals surface area (Å²) in [6.07, 6.45) is 3.06. The maximum atomic E-state index is 12.6. The van der Waals surface area contributed by atoms with Gasteiger partial charge < -0.3 is 4.98 Å². The highest BCUT2D eigenvalue weighted by molar-refractivity contribution is 6.06. The van der Waals surface area contributed by atoms with Crippen LogP contribution in [0.3, 0.4) is 0 Å². The first-order valence-corrected chi connectivity index (χ1v) is 4.07. The van der Waals surface area contributed by atoms with Gasteiger partial charge in [-0.25, -0.2) is 9.37 Å². The number of ketones is 1. The van der Waals surface area contributed by atoms with E-state index < -0.39 is 0 Å². The van der Waals surface area contributed by atoms with E-state index in [-0.39, 0.29) is 17.4 Å². The smallest absolute Gasteiger partial charge is 0.228 e. The third-order valence-electron chi connectivity index (χ3n) is 1.82. The Balaban J connectivity index is 2.33. The minimum atomic E-state index is -0.360. The van der Waals surface area contributed by atoms with Crippen LogP contribution in [0.15, 0.2) is 36.7 Å². The SMILES string of the molecule is O=C(c1ccc(F)cc1)c1ncc[nH]1. The molecule has 1 aromatic heterocycles. The van der Waals surface area contributed by atoms with Crippen molar-refractivity contribution < 1.29 is 9.18 Å². The van der Waals surface area contributed by atoms with Gasteiger partial charge in [-0.15, -0.1) is 0 Å². The van der Waals surface area contributed by atoms with Crippen LogP contribution in [-0.4, -0.2) is 15.8 Å². The van der Waals surface area contributed by atoms with E-state index in [0.717, 1.165) is 0 Å². The molecule has 0 aliphatic heterocycles. The summed E-state index contributed by atoms with van der Waals surface area (Å²) in [5.41, 5.74) is 0.418. The van der Waals surface area contributed by atoms with Crippen LogP contribution >= 0.6 is 0 Å². The minimum Gasteiger partial charge on any atom is -0.342 e. The zero-order valence-electron chi connectivity index (χ0n) is 7.20. The Morgan fingerprint density at radius 2 is 2.00 bits per heavy atom. The first-order valence-electron chi connectivity index (χ1n) is 4.07. The summed E-state index contributed by atoms with van der Waals surface area (Å²) in [4.78, 5) is 18.1. The van der Waals surface area contributed by atoms with E-state index in [1.54, 1.807) is 6.20 Å². The number of aromatic nitrogens is 2. The van der Waals surface area contributed by atoms with Crippen molar-refractivity contribution >= 4 is 5.78 Å².